The predicted octanol–water partition coefficient (Wildman–Crippen LogP) is 4.24. The third kappa shape index (κ3) is 6.18. The Hall–Kier alpha value is -2.73. The standard InChI is InChI=1S/C20H19ClFNO4/c1-12-3-4-13(2)15(9-12)18(24)7-8-20(26)27-11-19(25)23-14-5-6-17(22)16(21)10-14/h3-6,9-10H,7-8,11H2,1-2H3,(H,23,25). The van der Waals surface area contributed by atoms with Crippen molar-refractivity contribution in [2.24, 2.45) is 0 Å². The van der Waals surface area contributed by atoms with Crippen LogP contribution in [-0.4, -0.2) is 24.3 Å². The van der Waals surface area contributed by atoms with Gasteiger partial charge >= 0.3 is 5.97 Å². The number of Topliss-reactive ketones (excluding diaryl/α,β-unsaturated/α-hetero) is 1. The van der Waals surface area contributed by atoms with Crippen LogP contribution in [0.2, 0.25) is 5.02 Å². The number of hydrogen-bond donors (Lipinski definition) is 1. The van der Waals surface area contributed by atoms with E-state index in [1.165, 1.54) is 12.1 Å². The Labute approximate surface area is 161 Å². The summed E-state index contributed by atoms with van der Waals surface area (Å²) in [6, 6.07) is 9.25. The van der Waals surface area contributed by atoms with Gasteiger partial charge in [0, 0.05) is 17.7 Å². The fraction of sp³-hybridized carbons (Fsp3) is 0.250. The average Bonchev–Trinajstić information content (AvgIpc) is 2.63. The molecule has 0 aromatic heterocycles. The number of hydrogen-bond acceptors (Lipinski definition) is 4. The van der Waals surface area contributed by atoms with Gasteiger partial charge < -0.3 is 10.1 Å². The van der Waals surface area contributed by atoms with Crippen LogP contribution in [0.1, 0.15) is 34.3 Å². The Morgan fingerprint density at radius 2 is 1.81 bits per heavy atom. The van der Waals surface area contributed by atoms with E-state index < -0.39 is 24.3 Å². The SMILES string of the molecule is Cc1ccc(C)c(C(=O)CCC(=O)OCC(=O)Nc2ccc(F)c(Cl)c2)c1. The number of ketones is 1. The molecule has 0 aliphatic carbocycles. The van der Waals surface area contributed by atoms with E-state index in [-0.39, 0.29) is 29.3 Å². The normalized spacial score (nSPS) is 10.4. The van der Waals surface area contributed by atoms with Crippen molar-refractivity contribution in [1.82, 2.24) is 0 Å². The predicted molar refractivity (Wildman–Crippen MR) is 100 cm³/mol. The second kappa shape index (κ2) is 9.28. The van der Waals surface area contributed by atoms with E-state index in [1.54, 1.807) is 6.07 Å². The molecule has 2 aromatic carbocycles. The van der Waals surface area contributed by atoms with Gasteiger partial charge in [0.05, 0.1) is 11.4 Å². The topological polar surface area (TPSA) is 72.5 Å². The number of anilines is 1. The van der Waals surface area contributed by atoms with E-state index in [0.717, 1.165) is 17.2 Å². The summed E-state index contributed by atoms with van der Waals surface area (Å²) in [6.07, 6.45) is -0.125. The first kappa shape index (κ1) is 20.6. The minimum Gasteiger partial charge on any atom is -0.456 e. The number of carbonyl (C=O) groups is 3. The summed E-state index contributed by atoms with van der Waals surface area (Å²) in [5.41, 5.74) is 2.67. The van der Waals surface area contributed by atoms with Gasteiger partial charge in [-0.1, -0.05) is 29.3 Å². The van der Waals surface area contributed by atoms with Gasteiger partial charge in [0.25, 0.3) is 5.91 Å². The zero-order chi connectivity index (χ0) is 20.0. The number of esters is 1. The highest BCUT2D eigenvalue weighted by Gasteiger charge is 2.14. The summed E-state index contributed by atoms with van der Waals surface area (Å²) < 4.78 is 17.9. The van der Waals surface area contributed by atoms with Gasteiger partial charge in [0.1, 0.15) is 5.82 Å². The lowest BCUT2D eigenvalue weighted by molar-refractivity contribution is -0.147. The van der Waals surface area contributed by atoms with E-state index >= 15 is 0 Å². The first-order chi connectivity index (χ1) is 12.8. The maximum absolute atomic E-state index is 13.1. The number of halogens is 2. The minimum atomic E-state index is -0.652. The number of amides is 1. The van der Waals surface area contributed by atoms with Gasteiger partial charge in [0.2, 0.25) is 0 Å². The molecule has 0 heterocycles. The van der Waals surface area contributed by atoms with E-state index in [9.17, 15) is 18.8 Å². The Bertz CT molecular complexity index is 882. The minimum absolute atomic E-state index is 0.00167. The highest BCUT2D eigenvalue weighted by molar-refractivity contribution is 6.31. The van der Waals surface area contributed by atoms with Crippen LogP contribution in [0.3, 0.4) is 0 Å². The van der Waals surface area contributed by atoms with Crippen LogP contribution in [0.25, 0.3) is 0 Å². The van der Waals surface area contributed by atoms with Crippen LogP contribution in [0.15, 0.2) is 36.4 Å². The van der Waals surface area contributed by atoms with Crippen molar-refractivity contribution in [3.8, 4) is 0 Å². The largest absolute Gasteiger partial charge is 0.456 e. The lowest BCUT2D eigenvalue weighted by atomic mass is 9.99. The molecule has 0 aliphatic rings. The molecular formula is C20H19ClFNO4. The van der Waals surface area contributed by atoms with Crippen LogP contribution < -0.4 is 5.32 Å². The van der Waals surface area contributed by atoms with E-state index in [1.807, 2.05) is 26.0 Å². The molecular weight excluding hydrogens is 373 g/mol. The van der Waals surface area contributed by atoms with E-state index in [2.05, 4.69) is 5.32 Å². The summed E-state index contributed by atoms with van der Waals surface area (Å²) in [4.78, 5) is 35.8. The molecule has 0 atom stereocenters. The van der Waals surface area contributed by atoms with Crippen molar-refractivity contribution in [3.05, 3.63) is 63.9 Å². The molecule has 2 aromatic rings. The highest BCUT2D eigenvalue weighted by Crippen LogP contribution is 2.19. The van der Waals surface area contributed by atoms with Crippen LogP contribution in [0.5, 0.6) is 0 Å². The van der Waals surface area contributed by atoms with Crippen molar-refractivity contribution >= 4 is 34.9 Å². The maximum Gasteiger partial charge on any atom is 0.306 e. The molecule has 5 nitrogen and oxygen atoms in total. The van der Waals surface area contributed by atoms with Gasteiger partial charge in [0.15, 0.2) is 12.4 Å². The van der Waals surface area contributed by atoms with Crippen molar-refractivity contribution in [1.29, 1.82) is 0 Å². The molecule has 0 aliphatic heterocycles. The van der Waals surface area contributed by atoms with E-state index in [0.29, 0.717) is 5.56 Å². The summed E-state index contributed by atoms with van der Waals surface area (Å²) in [7, 11) is 0. The van der Waals surface area contributed by atoms with Gasteiger partial charge in [-0.25, -0.2) is 4.39 Å². The van der Waals surface area contributed by atoms with Crippen LogP contribution in [0.4, 0.5) is 10.1 Å². The molecule has 142 valence electrons. The molecule has 0 radical (unpaired) electrons. The quantitative estimate of drug-likeness (QED) is 0.566. The zero-order valence-electron chi connectivity index (χ0n) is 15.0. The molecule has 1 N–H and O–H groups in total. The fourth-order valence-electron chi connectivity index (χ4n) is 2.38. The second-order valence-corrected chi connectivity index (χ2v) is 6.49. The number of rotatable bonds is 7. The monoisotopic (exact) mass is 391 g/mol. The molecule has 0 unspecified atom stereocenters. The fourth-order valence-corrected chi connectivity index (χ4v) is 2.56. The van der Waals surface area contributed by atoms with Crippen molar-refractivity contribution in [2.45, 2.75) is 26.7 Å². The molecule has 7 heteroatoms. The van der Waals surface area contributed by atoms with Gasteiger partial charge in [-0.2, -0.15) is 0 Å². The lowest BCUT2D eigenvalue weighted by Gasteiger charge is -2.08. The van der Waals surface area contributed by atoms with Crippen LogP contribution in [0, 0.1) is 19.7 Å². The number of carbonyl (C=O) groups excluding carboxylic acids is 3. The Balaban J connectivity index is 1.78. The molecule has 1 amide bonds. The number of benzene rings is 2. The summed E-state index contributed by atoms with van der Waals surface area (Å²) in [5.74, 6) is -2.00. The third-order valence-electron chi connectivity index (χ3n) is 3.82. The molecule has 2 rings (SSSR count). The summed E-state index contributed by atoms with van der Waals surface area (Å²) in [5, 5.41) is 2.31. The molecule has 0 saturated carbocycles. The second-order valence-electron chi connectivity index (χ2n) is 6.08. The van der Waals surface area contributed by atoms with Crippen LogP contribution in [-0.2, 0) is 14.3 Å². The molecule has 0 bridgehead atoms. The number of ether oxygens (including phenoxy) is 1. The Morgan fingerprint density at radius 1 is 1.07 bits per heavy atom. The Kier molecular flexibility index (Phi) is 7.07. The van der Waals surface area contributed by atoms with Crippen molar-refractivity contribution < 1.29 is 23.5 Å². The molecule has 0 spiro atoms. The number of aryl methyl sites for hydroxylation is 2. The molecule has 27 heavy (non-hydrogen) atoms. The van der Waals surface area contributed by atoms with Gasteiger partial charge in [-0.05, 0) is 43.7 Å². The Morgan fingerprint density at radius 3 is 2.52 bits per heavy atom. The average molecular weight is 392 g/mol. The number of nitrogens with one attached hydrogen (secondary N) is 1. The summed E-state index contributed by atoms with van der Waals surface area (Å²) >= 11 is 5.62. The third-order valence-corrected chi connectivity index (χ3v) is 4.11. The lowest BCUT2D eigenvalue weighted by Crippen LogP contribution is -2.21. The first-order valence-electron chi connectivity index (χ1n) is 8.27. The van der Waals surface area contributed by atoms with E-state index in [4.69, 9.17) is 16.3 Å². The molecule has 0 fully saturated rings. The van der Waals surface area contributed by atoms with Crippen molar-refractivity contribution in [2.75, 3.05) is 11.9 Å². The maximum atomic E-state index is 13.1. The summed E-state index contributed by atoms with van der Waals surface area (Å²) in [6.45, 7) is 3.21. The first-order valence-corrected chi connectivity index (χ1v) is 8.65. The van der Waals surface area contributed by atoms with Crippen LogP contribution >= 0.6 is 11.6 Å². The smallest absolute Gasteiger partial charge is 0.306 e. The van der Waals surface area contributed by atoms with Gasteiger partial charge in [-0.15, -0.1) is 0 Å². The van der Waals surface area contributed by atoms with Gasteiger partial charge in [-0.3, -0.25) is 14.4 Å². The molecule has 0 saturated heterocycles. The zero-order valence-corrected chi connectivity index (χ0v) is 15.7. The van der Waals surface area contributed by atoms with Crippen molar-refractivity contribution in [3.63, 3.8) is 0 Å². The highest BCUT2D eigenvalue weighted by atomic mass is 35.5.